The van der Waals surface area contributed by atoms with Gasteiger partial charge in [-0.25, -0.2) is 9.59 Å². The smallest absolute Gasteiger partial charge is 0.347 e. The summed E-state index contributed by atoms with van der Waals surface area (Å²) in [5, 5.41) is 19.8. The summed E-state index contributed by atoms with van der Waals surface area (Å²) in [5.74, 6) is -1.72. The van der Waals surface area contributed by atoms with Gasteiger partial charge in [-0.15, -0.1) is 0 Å². The Morgan fingerprint density at radius 1 is 1.32 bits per heavy atom. The maximum atomic E-state index is 12.1. The number of nitrogens with one attached hydrogen (secondary N) is 1. The third-order valence-corrected chi connectivity index (χ3v) is 3.47. The molecule has 0 aliphatic rings. The highest BCUT2D eigenvalue weighted by Gasteiger charge is 2.22. The predicted octanol–water partition coefficient (Wildman–Crippen LogP) is 2.36. The van der Waals surface area contributed by atoms with Crippen molar-refractivity contribution in [2.75, 3.05) is 18.4 Å². The quantitative estimate of drug-likeness (QED) is 0.200. The summed E-state index contributed by atoms with van der Waals surface area (Å²) < 4.78 is 11.2. The lowest BCUT2D eigenvalue weighted by Gasteiger charge is -2.21. The Labute approximate surface area is 147 Å². The number of rotatable bonds is 6. The van der Waals surface area contributed by atoms with Crippen molar-refractivity contribution in [1.29, 1.82) is 0 Å². The number of H-pyrrole nitrogens is 1. The number of carbonyl (C=O) groups excluding carboxylic acids is 2. The molecule has 0 radical (unpaired) electrons. The van der Waals surface area contributed by atoms with E-state index in [1.807, 2.05) is 0 Å². The summed E-state index contributed by atoms with van der Waals surface area (Å²) in [7, 11) is 0. The molecule has 2 rings (SSSR count). The molecule has 134 valence electrons. The normalized spacial score (nSPS) is 10.4. The third kappa shape index (κ3) is 4.05. The molecule has 1 aromatic heterocycles. The fourth-order valence-corrected chi connectivity index (χ4v) is 2.35. The molecule has 0 aliphatic heterocycles. The molecule has 0 amide bonds. The van der Waals surface area contributed by atoms with Crippen LogP contribution in [0.2, 0.25) is 0 Å². The van der Waals surface area contributed by atoms with Crippen LogP contribution in [0.15, 0.2) is 23.8 Å². The summed E-state index contributed by atoms with van der Waals surface area (Å²) in [6.45, 7) is 3.37. The van der Waals surface area contributed by atoms with Crippen LogP contribution in [-0.2, 0) is 19.1 Å². The number of hydrogen-bond acceptors (Lipinski definition) is 8. The highest BCUT2D eigenvalue weighted by atomic mass is 32.1. The fraction of sp³-hybridized carbons (Fsp3) is 0.267. The Hall–Kier alpha value is -2.69. The van der Waals surface area contributed by atoms with Gasteiger partial charge in [0.05, 0.1) is 29.9 Å². The summed E-state index contributed by atoms with van der Waals surface area (Å²) in [5.41, 5.74) is 0.522. The highest BCUT2D eigenvalue weighted by molar-refractivity contribution is 7.71. The van der Waals surface area contributed by atoms with Crippen molar-refractivity contribution in [3.05, 3.63) is 33.8 Å². The molecule has 0 atom stereocenters. The molecule has 1 heterocycles. The summed E-state index contributed by atoms with van der Waals surface area (Å²) >= 11 is 5.19. The van der Waals surface area contributed by atoms with Gasteiger partial charge in [-0.2, -0.15) is 0 Å². The van der Waals surface area contributed by atoms with Gasteiger partial charge in [-0.3, -0.25) is 9.77 Å². The number of esters is 2. The minimum atomic E-state index is -0.860. The van der Waals surface area contributed by atoms with E-state index in [0.717, 1.165) is 0 Å². The van der Waals surface area contributed by atoms with Crippen LogP contribution < -0.4 is 5.23 Å². The average Bonchev–Trinajstić information content (AvgIpc) is 2.87. The van der Waals surface area contributed by atoms with Gasteiger partial charge in [0, 0.05) is 6.20 Å². The van der Waals surface area contributed by atoms with Gasteiger partial charge in [-0.1, -0.05) is 0 Å². The molecule has 9 nitrogen and oxygen atoms in total. The largest absolute Gasteiger partial charge is 0.733 e. The number of imidazole rings is 1. The lowest BCUT2D eigenvalue weighted by molar-refractivity contribution is -0.146. The number of benzene rings is 1. The van der Waals surface area contributed by atoms with E-state index in [-0.39, 0.29) is 34.5 Å². The van der Waals surface area contributed by atoms with Gasteiger partial charge in [0.1, 0.15) is 0 Å². The molecule has 25 heavy (non-hydrogen) atoms. The molecule has 0 saturated heterocycles. The van der Waals surface area contributed by atoms with E-state index in [1.54, 1.807) is 13.8 Å². The molecule has 1 aromatic carbocycles. The second-order valence-corrected chi connectivity index (χ2v) is 5.14. The Bertz CT molecular complexity index is 863. The number of anilines is 1. The fourth-order valence-electron chi connectivity index (χ4n) is 2.09. The van der Waals surface area contributed by atoms with Crippen LogP contribution >= 0.6 is 12.2 Å². The van der Waals surface area contributed by atoms with E-state index in [9.17, 15) is 14.8 Å². The van der Waals surface area contributed by atoms with E-state index in [1.165, 1.54) is 29.0 Å². The maximum Gasteiger partial charge on any atom is 0.347 e. The van der Waals surface area contributed by atoms with Crippen LogP contribution in [0.3, 0.4) is 0 Å². The summed E-state index contributed by atoms with van der Waals surface area (Å²) in [6.07, 6.45) is 1.17. The Balaban J connectivity index is 2.63. The molecule has 0 aliphatic carbocycles. The first-order valence-electron chi connectivity index (χ1n) is 7.35. The Kier molecular flexibility index (Phi) is 5.91. The van der Waals surface area contributed by atoms with Gasteiger partial charge < -0.3 is 24.9 Å². The number of aromatic amines is 1. The Morgan fingerprint density at radius 2 is 1.92 bits per heavy atom. The van der Waals surface area contributed by atoms with Crippen molar-refractivity contribution in [1.82, 2.24) is 9.55 Å². The zero-order valence-electron chi connectivity index (χ0n) is 13.5. The van der Waals surface area contributed by atoms with Gasteiger partial charge in [-0.05, 0) is 44.3 Å². The van der Waals surface area contributed by atoms with Crippen molar-refractivity contribution in [3.63, 3.8) is 0 Å². The molecule has 2 N–H and O–H groups in total. The minimum Gasteiger partial charge on any atom is -0.733 e. The number of carbonyl (C=O) groups is 2. The van der Waals surface area contributed by atoms with Crippen LogP contribution in [0.1, 0.15) is 13.8 Å². The standard InChI is InChI=1S/C15H16N3O6S/c1-3-23-13(19)10(14(20)24-4-2)8-17-12-7-9(18(21)22)5-6-11(12)16-15(17)25/h5-8,21H,3-4H2,1-2H3,(H,16,25)/q-1. The van der Waals surface area contributed by atoms with Gasteiger partial charge in [0.2, 0.25) is 0 Å². The summed E-state index contributed by atoms with van der Waals surface area (Å²) in [4.78, 5) is 27.0. The molecule has 0 fully saturated rings. The predicted molar refractivity (Wildman–Crippen MR) is 92.3 cm³/mol. The van der Waals surface area contributed by atoms with Gasteiger partial charge in [0.25, 0.3) is 0 Å². The minimum absolute atomic E-state index is 0.0440. The molecular formula is C15H16N3O6S-. The van der Waals surface area contributed by atoms with E-state index in [4.69, 9.17) is 26.9 Å². The number of nitrogens with zero attached hydrogens (tertiary/aromatic N) is 2. The molecule has 0 bridgehead atoms. The highest BCUT2D eigenvalue weighted by Crippen LogP contribution is 2.22. The van der Waals surface area contributed by atoms with Crippen molar-refractivity contribution in [3.8, 4) is 0 Å². The zero-order chi connectivity index (χ0) is 18.6. The van der Waals surface area contributed by atoms with Crippen molar-refractivity contribution in [2.24, 2.45) is 0 Å². The zero-order valence-corrected chi connectivity index (χ0v) is 14.3. The van der Waals surface area contributed by atoms with Crippen LogP contribution in [0, 0.1) is 9.98 Å². The van der Waals surface area contributed by atoms with Crippen LogP contribution in [-0.4, -0.2) is 39.9 Å². The van der Waals surface area contributed by atoms with Crippen molar-refractivity contribution in [2.45, 2.75) is 13.8 Å². The van der Waals surface area contributed by atoms with Crippen molar-refractivity contribution >= 4 is 47.1 Å². The molecule has 10 heteroatoms. The van der Waals surface area contributed by atoms with Crippen LogP contribution in [0.4, 0.5) is 5.69 Å². The second kappa shape index (κ2) is 7.92. The van der Waals surface area contributed by atoms with Crippen LogP contribution in [0.5, 0.6) is 0 Å². The third-order valence-electron chi connectivity index (χ3n) is 3.17. The maximum absolute atomic E-state index is 12.1. The first kappa shape index (κ1) is 18.6. The number of fused-ring (bicyclic) bond motifs is 1. The van der Waals surface area contributed by atoms with E-state index in [0.29, 0.717) is 11.0 Å². The van der Waals surface area contributed by atoms with Crippen LogP contribution in [0.25, 0.3) is 17.2 Å². The number of ether oxygens (including phenoxy) is 2. The number of aromatic nitrogens is 2. The van der Waals surface area contributed by atoms with Gasteiger partial charge in [0.15, 0.2) is 10.3 Å². The molecule has 0 saturated carbocycles. The van der Waals surface area contributed by atoms with Gasteiger partial charge >= 0.3 is 11.9 Å². The van der Waals surface area contributed by atoms with E-state index in [2.05, 4.69) is 4.98 Å². The van der Waals surface area contributed by atoms with E-state index >= 15 is 0 Å². The Morgan fingerprint density at radius 3 is 2.44 bits per heavy atom. The molecule has 2 aromatic rings. The summed E-state index contributed by atoms with van der Waals surface area (Å²) in [6, 6.07) is 4.26. The first-order chi connectivity index (χ1) is 11.9. The van der Waals surface area contributed by atoms with Crippen molar-refractivity contribution < 1.29 is 24.3 Å². The molecule has 0 spiro atoms. The topological polar surface area (TPSA) is 120 Å². The lowest BCUT2D eigenvalue weighted by atomic mass is 10.2. The van der Waals surface area contributed by atoms with E-state index < -0.39 is 11.9 Å². The average molecular weight is 366 g/mol. The number of hydrogen-bond donors (Lipinski definition) is 2. The second-order valence-electron chi connectivity index (χ2n) is 4.76. The molecular weight excluding hydrogens is 350 g/mol. The lowest BCUT2D eigenvalue weighted by Crippen LogP contribution is -2.19. The SMILES string of the molecule is CCOC(=O)C(=Cn1c(=S)[nH]c2ccc(N([O-])O)cc21)C(=O)OCC. The molecule has 0 unspecified atom stereocenters. The monoisotopic (exact) mass is 366 g/mol. The first-order valence-corrected chi connectivity index (χ1v) is 7.76.